The van der Waals surface area contributed by atoms with Crippen LogP contribution in [0.5, 0.6) is 0 Å². The molecule has 2 N–H and O–H groups in total. The average Bonchev–Trinajstić information content (AvgIpc) is 2.96. The van der Waals surface area contributed by atoms with Gasteiger partial charge in [0.1, 0.15) is 5.82 Å². The number of hydrogen-bond acceptors (Lipinski definition) is 4. The van der Waals surface area contributed by atoms with Crippen molar-refractivity contribution in [3.63, 3.8) is 0 Å². The number of anilines is 1. The summed E-state index contributed by atoms with van der Waals surface area (Å²) in [6, 6.07) is 7.14. The Kier molecular flexibility index (Phi) is 3.53. The van der Waals surface area contributed by atoms with Crippen LogP contribution in [0.2, 0.25) is 5.02 Å². The molecule has 0 saturated carbocycles. The topological polar surface area (TPSA) is 83.6 Å². The number of carbonyl (C=O) groups is 1. The van der Waals surface area contributed by atoms with E-state index in [2.05, 4.69) is 25.5 Å². The lowest BCUT2D eigenvalue weighted by atomic mass is 10.2. The standard InChI is InChI=1S/C14H12ClN5O/c1-2-11-18-13(20-19-11)14(21)17-10-7-9(15)6-8-4-3-5-16-12(8)10/h3-7H,2H2,1H3,(H,17,21)(H,18,19,20). The molecule has 2 heterocycles. The zero-order chi connectivity index (χ0) is 14.8. The Bertz CT molecular complexity index is 814. The molecule has 0 aliphatic heterocycles. The van der Waals surface area contributed by atoms with Crippen molar-refractivity contribution in [2.45, 2.75) is 13.3 Å². The van der Waals surface area contributed by atoms with E-state index in [4.69, 9.17) is 11.6 Å². The van der Waals surface area contributed by atoms with Crippen LogP contribution in [0.25, 0.3) is 10.9 Å². The van der Waals surface area contributed by atoms with Crippen LogP contribution in [0.15, 0.2) is 30.5 Å². The summed E-state index contributed by atoms with van der Waals surface area (Å²) in [4.78, 5) is 20.5. The van der Waals surface area contributed by atoms with E-state index in [1.165, 1.54) is 0 Å². The van der Waals surface area contributed by atoms with Gasteiger partial charge in [0.05, 0.1) is 11.2 Å². The molecule has 0 atom stereocenters. The zero-order valence-electron chi connectivity index (χ0n) is 11.2. The third kappa shape index (κ3) is 2.71. The third-order valence-electron chi connectivity index (χ3n) is 2.99. The number of hydrogen-bond donors (Lipinski definition) is 2. The van der Waals surface area contributed by atoms with Crippen LogP contribution in [0.4, 0.5) is 5.69 Å². The SMILES string of the molecule is CCc1nc(C(=O)Nc2cc(Cl)cc3cccnc23)n[nH]1. The molecule has 0 spiro atoms. The molecule has 0 aliphatic rings. The minimum atomic E-state index is -0.403. The molecule has 21 heavy (non-hydrogen) atoms. The van der Waals surface area contributed by atoms with Gasteiger partial charge in [-0.05, 0) is 18.2 Å². The second kappa shape index (κ2) is 5.49. The molecule has 3 aromatic rings. The first kappa shape index (κ1) is 13.5. The quantitative estimate of drug-likeness (QED) is 0.779. The van der Waals surface area contributed by atoms with Crippen molar-refractivity contribution in [3.05, 3.63) is 47.1 Å². The maximum absolute atomic E-state index is 12.2. The Morgan fingerprint density at radius 3 is 3.05 bits per heavy atom. The van der Waals surface area contributed by atoms with Gasteiger partial charge in [0, 0.05) is 23.0 Å². The number of aryl methyl sites for hydroxylation is 1. The minimum absolute atomic E-state index is 0.0934. The van der Waals surface area contributed by atoms with Crippen molar-refractivity contribution in [3.8, 4) is 0 Å². The van der Waals surface area contributed by atoms with Gasteiger partial charge in [0.2, 0.25) is 5.82 Å². The normalized spacial score (nSPS) is 10.8. The van der Waals surface area contributed by atoms with Crippen LogP contribution in [-0.2, 0) is 6.42 Å². The van der Waals surface area contributed by atoms with Gasteiger partial charge in [-0.1, -0.05) is 24.6 Å². The number of rotatable bonds is 3. The molecule has 0 radical (unpaired) electrons. The summed E-state index contributed by atoms with van der Waals surface area (Å²) in [6.07, 6.45) is 2.34. The summed E-state index contributed by atoms with van der Waals surface area (Å²) in [5.74, 6) is 0.352. The van der Waals surface area contributed by atoms with Crippen molar-refractivity contribution in [2.24, 2.45) is 0 Å². The summed E-state index contributed by atoms with van der Waals surface area (Å²) < 4.78 is 0. The molecule has 3 rings (SSSR count). The van der Waals surface area contributed by atoms with Crippen LogP contribution in [0, 0.1) is 0 Å². The number of halogens is 1. The van der Waals surface area contributed by atoms with E-state index in [-0.39, 0.29) is 5.82 Å². The Morgan fingerprint density at radius 2 is 2.29 bits per heavy atom. The van der Waals surface area contributed by atoms with Crippen LogP contribution in [-0.4, -0.2) is 26.1 Å². The second-order valence-electron chi connectivity index (χ2n) is 4.44. The van der Waals surface area contributed by atoms with Gasteiger partial charge in [-0.2, -0.15) is 0 Å². The lowest BCUT2D eigenvalue weighted by Gasteiger charge is -2.07. The molecule has 1 aromatic carbocycles. The van der Waals surface area contributed by atoms with Crippen molar-refractivity contribution < 1.29 is 4.79 Å². The van der Waals surface area contributed by atoms with Crippen LogP contribution in [0.3, 0.4) is 0 Å². The van der Waals surface area contributed by atoms with Gasteiger partial charge in [-0.3, -0.25) is 14.9 Å². The number of aromatic nitrogens is 4. The summed E-state index contributed by atoms with van der Waals surface area (Å²) in [5.41, 5.74) is 1.20. The highest BCUT2D eigenvalue weighted by molar-refractivity contribution is 6.32. The monoisotopic (exact) mass is 301 g/mol. The second-order valence-corrected chi connectivity index (χ2v) is 4.88. The fourth-order valence-corrected chi connectivity index (χ4v) is 2.21. The largest absolute Gasteiger partial charge is 0.317 e. The van der Waals surface area contributed by atoms with Crippen molar-refractivity contribution in [2.75, 3.05) is 5.32 Å². The Hall–Kier alpha value is -2.47. The minimum Gasteiger partial charge on any atom is -0.317 e. The lowest BCUT2D eigenvalue weighted by Crippen LogP contribution is -2.14. The molecular formula is C14H12ClN5O. The van der Waals surface area contributed by atoms with E-state index >= 15 is 0 Å². The summed E-state index contributed by atoms with van der Waals surface area (Å²) in [7, 11) is 0. The fraction of sp³-hybridized carbons (Fsp3) is 0.143. The number of H-pyrrole nitrogens is 1. The van der Waals surface area contributed by atoms with E-state index in [0.717, 1.165) is 5.39 Å². The summed E-state index contributed by atoms with van der Waals surface area (Å²) in [5, 5.41) is 10.7. The molecule has 1 amide bonds. The molecule has 0 bridgehead atoms. The first-order valence-electron chi connectivity index (χ1n) is 6.44. The maximum atomic E-state index is 12.2. The number of amides is 1. The van der Waals surface area contributed by atoms with Crippen LogP contribution >= 0.6 is 11.6 Å². The molecule has 0 unspecified atom stereocenters. The zero-order valence-corrected chi connectivity index (χ0v) is 12.0. The molecule has 0 fully saturated rings. The van der Waals surface area contributed by atoms with Gasteiger partial charge in [0.25, 0.3) is 5.91 Å². The molecule has 7 heteroatoms. The molecule has 106 valence electrons. The fourth-order valence-electron chi connectivity index (χ4n) is 1.98. The number of nitrogens with zero attached hydrogens (tertiary/aromatic N) is 3. The highest BCUT2D eigenvalue weighted by atomic mass is 35.5. The van der Waals surface area contributed by atoms with E-state index in [1.54, 1.807) is 18.3 Å². The van der Waals surface area contributed by atoms with Crippen molar-refractivity contribution >= 4 is 34.1 Å². The predicted octanol–water partition coefficient (Wildman–Crippen LogP) is 2.82. The van der Waals surface area contributed by atoms with Crippen molar-refractivity contribution in [1.82, 2.24) is 20.2 Å². The Balaban J connectivity index is 1.95. The number of pyridine rings is 1. The van der Waals surface area contributed by atoms with Crippen LogP contribution in [0.1, 0.15) is 23.4 Å². The van der Waals surface area contributed by atoms with Gasteiger partial charge in [-0.25, -0.2) is 4.98 Å². The smallest absolute Gasteiger partial charge is 0.295 e. The molecule has 2 aromatic heterocycles. The average molecular weight is 302 g/mol. The number of aromatic amines is 1. The number of fused-ring (bicyclic) bond motifs is 1. The van der Waals surface area contributed by atoms with Crippen LogP contribution < -0.4 is 5.32 Å². The third-order valence-corrected chi connectivity index (χ3v) is 3.21. The number of carbonyl (C=O) groups excluding carboxylic acids is 1. The molecule has 0 saturated heterocycles. The first-order chi connectivity index (χ1) is 10.2. The van der Waals surface area contributed by atoms with Gasteiger partial charge in [0.15, 0.2) is 0 Å². The highest BCUT2D eigenvalue weighted by Gasteiger charge is 2.14. The molecular weight excluding hydrogens is 290 g/mol. The van der Waals surface area contributed by atoms with Crippen molar-refractivity contribution in [1.29, 1.82) is 0 Å². The Labute approximate surface area is 125 Å². The Morgan fingerprint density at radius 1 is 1.43 bits per heavy atom. The van der Waals surface area contributed by atoms with Gasteiger partial charge in [-0.15, -0.1) is 5.10 Å². The number of nitrogens with one attached hydrogen (secondary N) is 2. The predicted molar refractivity (Wildman–Crippen MR) is 80.5 cm³/mol. The maximum Gasteiger partial charge on any atom is 0.295 e. The van der Waals surface area contributed by atoms with E-state index < -0.39 is 5.91 Å². The summed E-state index contributed by atoms with van der Waals surface area (Å²) >= 11 is 6.06. The van der Waals surface area contributed by atoms with E-state index in [0.29, 0.717) is 28.5 Å². The number of benzene rings is 1. The molecule has 0 aliphatic carbocycles. The van der Waals surface area contributed by atoms with Gasteiger partial charge < -0.3 is 5.32 Å². The lowest BCUT2D eigenvalue weighted by molar-refractivity contribution is 0.101. The first-order valence-corrected chi connectivity index (χ1v) is 6.82. The van der Waals surface area contributed by atoms with Gasteiger partial charge >= 0.3 is 0 Å². The highest BCUT2D eigenvalue weighted by Crippen LogP contribution is 2.26. The molecule has 6 nitrogen and oxygen atoms in total. The van der Waals surface area contributed by atoms with E-state index in [1.807, 2.05) is 19.1 Å². The van der Waals surface area contributed by atoms with E-state index in [9.17, 15) is 4.79 Å². The summed E-state index contributed by atoms with van der Waals surface area (Å²) in [6.45, 7) is 1.93.